The third-order valence-corrected chi connectivity index (χ3v) is 4.33. The average Bonchev–Trinajstić information content (AvgIpc) is 2.52. The normalized spacial score (nSPS) is 14.0. The van der Waals surface area contributed by atoms with Gasteiger partial charge >= 0.3 is 0 Å². The highest BCUT2D eigenvalue weighted by Gasteiger charge is 2.22. The van der Waals surface area contributed by atoms with E-state index in [0.29, 0.717) is 28.9 Å². The molecule has 0 unspecified atom stereocenters. The number of ether oxygens (including phenoxy) is 1. The molecule has 126 valence electrons. The lowest BCUT2D eigenvalue weighted by molar-refractivity contribution is 0.102. The molecule has 1 saturated carbocycles. The zero-order chi connectivity index (χ0) is 17.1. The number of anilines is 2. The van der Waals surface area contributed by atoms with Gasteiger partial charge in [0.15, 0.2) is 0 Å². The molecule has 1 aliphatic rings. The van der Waals surface area contributed by atoms with E-state index in [-0.39, 0.29) is 11.2 Å². The number of rotatable bonds is 5. The Morgan fingerprint density at radius 3 is 2.83 bits per heavy atom. The van der Waals surface area contributed by atoms with Crippen LogP contribution < -0.4 is 15.4 Å². The van der Waals surface area contributed by atoms with Crippen LogP contribution in [-0.2, 0) is 0 Å². The molecule has 7 heteroatoms. The zero-order valence-electron chi connectivity index (χ0n) is 13.6. The molecular formula is C17H19ClN4O2. The van der Waals surface area contributed by atoms with Gasteiger partial charge in [-0.15, -0.1) is 0 Å². The molecule has 1 amide bonds. The van der Waals surface area contributed by atoms with E-state index in [9.17, 15) is 4.79 Å². The van der Waals surface area contributed by atoms with Crippen LogP contribution in [0.25, 0.3) is 0 Å². The standard InChI is InChI=1S/C17H19ClN4O2/c1-10-5-3-8-13(24-2)14(10)21-16(23)12-9-19-17(18)22-15(12)20-11-6-4-7-11/h3,5,8-9,11H,4,6-7H2,1-2H3,(H,21,23)(H,19,20,22). The second-order valence-corrected chi connectivity index (χ2v) is 6.12. The van der Waals surface area contributed by atoms with Crippen molar-refractivity contribution in [3.63, 3.8) is 0 Å². The third kappa shape index (κ3) is 3.43. The Kier molecular flexibility index (Phi) is 4.85. The lowest BCUT2D eigenvalue weighted by atomic mass is 9.93. The van der Waals surface area contributed by atoms with Crippen molar-refractivity contribution in [1.29, 1.82) is 0 Å². The number of carbonyl (C=O) groups excluding carboxylic acids is 1. The van der Waals surface area contributed by atoms with E-state index in [4.69, 9.17) is 16.3 Å². The molecule has 0 bridgehead atoms. The highest BCUT2D eigenvalue weighted by Crippen LogP contribution is 2.29. The summed E-state index contributed by atoms with van der Waals surface area (Å²) in [6, 6.07) is 5.91. The molecule has 1 heterocycles. The quantitative estimate of drug-likeness (QED) is 0.808. The van der Waals surface area contributed by atoms with Crippen molar-refractivity contribution in [3.8, 4) is 5.75 Å². The van der Waals surface area contributed by atoms with Gasteiger partial charge in [-0.25, -0.2) is 4.98 Å². The number of nitrogens with one attached hydrogen (secondary N) is 2. The molecule has 2 N–H and O–H groups in total. The minimum atomic E-state index is -0.305. The van der Waals surface area contributed by atoms with Gasteiger partial charge in [0.1, 0.15) is 17.1 Å². The Labute approximate surface area is 145 Å². The Balaban J connectivity index is 1.87. The van der Waals surface area contributed by atoms with Gasteiger partial charge < -0.3 is 15.4 Å². The second kappa shape index (κ2) is 7.05. The second-order valence-electron chi connectivity index (χ2n) is 5.78. The predicted molar refractivity (Wildman–Crippen MR) is 94.0 cm³/mol. The fourth-order valence-corrected chi connectivity index (χ4v) is 2.67. The summed E-state index contributed by atoms with van der Waals surface area (Å²) < 4.78 is 5.32. The lowest BCUT2D eigenvalue weighted by Crippen LogP contribution is -2.29. The van der Waals surface area contributed by atoms with Gasteiger partial charge in [-0.1, -0.05) is 12.1 Å². The summed E-state index contributed by atoms with van der Waals surface area (Å²) in [5, 5.41) is 6.27. The van der Waals surface area contributed by atoms with Crippen molar-refractivity contribution in [2.45, 2.75) is 32.2 Å². The monoisotopic (exact) mass is 346 g/mol. The highest BCUT2D eigenvalue weighted by molar-refractivity contribution is 6.28. The maximum Gasteiger partial charge on any atom is 0.261 e. The SMILES string of the molecule is COc1cccc(C)c1NC(=O)c1cnc(Cl)nc1NC1CCC1. The minimum Gasteiger partial charge on any atom is -0.495 e. The predicted octanol–water partition coefficient (Wildman–Crippen LogP) is 3.66. The summed E-state index contributed by atoms with van der Waals surface area (Å²) in [6.45, 7) is 1.91. The smallest absolute Gasteiger partial charge is 0.261 e. The number of hydrogen-bond acceptors (Lipinski definition) is 5. The molecule has 1 aromatic heterocycles. The number of methoxy groups -OCH3 is 1. The van der Waals surface area contributed by atoms with Crippen molar-refractivity contribution in [2.75, 3.05) is 17.7 Å². The average molecular weight is 347 g/mol. The van der Waals surface area contributed by atoms with E-state index in [1.165, 1.54) is 12.6 Å². The van der Waals surface area contributed by atoms with Gasteiger partial charge in [0.25, 0.3) is 5.91 Å². The van der Waals surface area contributed by atoms with E-state index in [1.807, 2.05) is 19.1 Å². The summed E-state index contributed by atoms with van der Waals surface area (Å²) in [5.74, 6) is 0.762. The van der Waals surface area contributed by atoms with E-state index >= 15 is 0 Å². The van der Waals surface area contributed by atoms with E-state index in [1.54, 1.807) is 13.2 Å². The summed E-state index contributed by atoms with van der Waals surface area (Å²) in [5.41, 5.74) is 1.90. The summed E-state index contributed by atoms with van der Waals surface area (Å²) in [7, 11) is 1.57. The number of benzene rings is 1. The van der Waals surface area contributed by atoms with Gasteiger partial charge in [-0.05, 0) is 49.4 Å². The molecule has 0 atom stereocenters. The van der Waals surface area contributed by atoms with Gasteiger partial charge in [-0.3, -0.25) is 4.79 Å². The molecule has 0 radical (unpaired) electrons. The molecule has 3 rings (SSSR count). The number of halogens is 1. The number of aryl methyl sites for hydroxylation is 1. The molecule has 6 nitrogen and oxygen atoms in total. The fourth-order valence-electron chi connectivity index (χ4n) is 2.53. The molecule has 1 aliphatic carbocycles. The first-order valence-corrected chi connectivity index (χ1v) is 8.20. The van der Waals surface area contributed by atoms with Crippen LogP contribution in [0.5, 0.6) is 5.75 Å². The van der Waals surface area contributed by atoms with Gasteiger partial charge in [0, 0.05) is 12.2 Å². The van der Waals surface area contributed by atoms with E-state index < -0.39 is 0 Å². The number of nitrogens with zero attached hydrogens (tertiary/aromatic N) is 2. The molecule has 0 spiro atoms. The van der Waals surface area contributed by atoms with E-state index in [0.717, 1.165) is 18.4 Å². The van der Waals surface area contributed by atoms with Crippen LogP contribution in [0.15, 0.2) is 24.4 Å². The van der Waals surface area contributed by atoms with Crippen LogP contribution in [0.3, 0.4) is 0 Å². The maximum absolute atomic E-state index is 12.7. The summed E-state index contributed by atoms with van der Waals surface area (Å²) in [4.78, 5) is 20.8. The van der Waals surface area contributed by atoms with Crippen molar-refractivity contribution >= 4 is 29.0 Å². The van der Waals surface area contributed by atoms with Crippen LogP contribution in [0.1, 0.15) is 35.2 Å². The largest absolute Gasteiger partial charge is 0.495 e. The van der Waals surface area contributed by atoms with E-state index in [2.05, 4.69) is 20.6 Å². The topological polar surface area (TPSA) is 76.1 Å². The van der Waals surface area contributed by atoms with Crippen LogP contribution >= 0.6 is 11.6 Å². The minimum absolute atomic E-state index is 0.113. The molecule has 24 heavy (non-hydrogen) atoms. The number of para-hydroxylation sites is 1. The Bertz CT molecular complexity index is 762. The molecule has 2 aromatic rings. The Morgan fingerprint density at radius 1 is 1.38 bits per heavy atom. The molecule has 1 fully saturated rings. The first kappa shape index (κ1) is 16.5. The maximum atomic E-state index is 12.7. The zero-order valence-corrected chi connectivity index (χ0v) is 14.4. The number of carbonyl (C=O) groups is 1. The molecule has 0 aliphatic heterocycles. The molecular weight excluding hydrogens is 328 g/mol. The van der Waals surface area contributed by atoms with Gasteiger partial charge in [0.2, 0.25) is 5.28 Å². The van der Waals surface area contributed by atoms with Gasteiger partial charge in [0.05, 0.1) is 12.8 Å². The Hall–Kier alpha value is -2.34. The van der Waals surface area contributed by atoms with Gasteiger partial charge in [-0.2, -0.15) is 4.98 Å². The van der Waals surface area contributed by atoms with Crippen LogP contribution in [0.4, 0.5) is 11.5 Å². The number of hydrogen-bond donors (Lipinski definition) is 2. The summed E-state index contributed by atoms with van der Waals surface area (Å²) >= 11 is 5.89. The number of amides is 1. The Morgan fingerprint density at radius 2 is 2.17 bits per heavy atom. The van der Waals surface area contributed by atoms with Crippen molar-refractivity contribution in [2.24, 2.45) is 0 Å². The highest BCUT2D eigenvalue weighted by atomic mass is 35.5. The van der Waals surface area contributed by atoms with Crippen LogP contribution in [-0.4, -0.2) is 29.0 Å². The molecule has 0 saturated heterocycles. The van der Waals surface area contributed by atoms with Crippen molar-refractivity contribution in [1.82, 2.24) is 9.97 Å². The number of aromatic nitrogens is 2. The van der Waals surface area contributed by atoms with Crippen molar-refractivity contribution < 1.29 is 9.53 Å². The third-order valence-electron chi connectivity index (χ3n) is 4.14. The lowest BCUT2D eigenvalue weighted by Gasteiger charge is -2.27. The molecule has 1 aromatic carbocycles. The van der Waals surface area contributed by atoms with Crippen molar-refractivity contribution in [3.05, 3.63) is 40.8 Å². The summed E-state index contributed by atoms with van der Waals surface area (Å²) in [6.07, 6.45) is 4.75. The van der Waals surface area contributed by atoms with Crippen LogP contribution in [0, 0.1) is 6.92 Å². The van der Waals surface area contributed by atoms with Crippen LogP contribution in [0.2, 0.25) is 5.28 Å². The first-order chi connectivity index (χ1) is 11.6. The first-order valence-electron chi connectivity index (χ1n) is 7.82. The fraction of sp³-hybridized carbons (Fsp3) is 0.353.